The smallest absolute Gasteiger partial charge is 0.0732 e. The lowest BCUT2D eigenvalue weighted by molar-refractivity contribution is 0.0808. The third kappa shape index (κ3) is 2.80. The molecule has 15 heavy (non-hydrogen) atoms. The Labute approximate surface area is 91.6 Å². The zero-order valence-electron chi connectivity index (χ0n) is 9.28. The van der Waals surface area contributed by atoms with Crippen LogP contribution in [0.2, 0.25) is 0 Å². The molecule has 1 N–H and O–H groups in total. The Kier molecular flexibility index (Phi) is 3.75. The first kappa shape index (κ1) is 10.7. The maximum Gasteiger partial charge on any atom is 0.0732 e. The summed E-state index contributed by atoms with van der Waals surface area (Å²) in [5, 5.41) is 3.37. The first-order valence-electron chi connectivity index (χ1n) is 5.73. The van der Waals surface area contributed by atoms with Crippen LogP contribution in [0.4, 0.5) is 0 Å². The fourth-order valence-electron chi connectivity index (χ4n) is 2.21. The van der Waals surface area contributed by atoms with Crippen LogP contribution in [0.15, 0.2) is 30.3 Å². The summed E-state index contributed by atoms with van der Waals surface area (Å²) in [5.74, 6) is 0. The SMILES string of the molecule is CN[C@@H](Cc1ccccc1)[C@@H]1CCCO1. The van der Waals surface area contributed by atoms with Gasteiger partial charge in [-0.2, -0.15) is 0 Å². The highest BCUT2D eigenvalue weighted by Gasteiger charge is 2.24. The van der Waals surface area contributed by atoms with Crippen molar-refractivity contribution in [1.29, 1.82) is 0 Å². The fourth-order valence-corrected chi connectivity index (χ4v) is 2.21. The van der Waals surface area contributed by atoms with E-state index in [0.29, 0.717) is 12.1 Å². The number of nitrogens with one attached hydrogen (secondary N) is 1. The number of ether oxygens (including phenoxy) is 1. The summed E-state index contributed by atoms with van der Waals surface area (Å²) in [7, 11) is 2.02. The molecule has 0 aromatic heterocycles. The van der Waals surface area contributed by atoms with Gasteiger partial charge in [0.15, 0.2) is 0 Å². The van der Waals surface area contributed by atoms with Gasteiger partial charge in [0.05, 0.1) is 6.10 Å². The van der Waals surface area contributed by atoms with Crippen molar-refractivity contribution in [2.24, 2.45) is 0 Å². The summed E-state index contributed by atoms with van der Waals surface area (Å²) in [6, 6.07) is 11.1. The van der Waals surface area contributed by atoms with Crippen molar-refractivity contribution in [2.75, 3.05) is 13.7 Å². The Bertz CT molecular complexity index is 280. The van der Waals surface area contributed by atoms with Gasteiger partial charge in [0.1, 0.15) is 0 Å². The summed E-state index contributed by atoms with van der Waals surface area (Å²) in [6.45, 7) is 0.928. The predicted molar refractivity (Wildman–Crippen MR) is 62.0 cm³/mol. The molecule has 1 saturated heterocycles. The maximum absolute atomic E-state index is 5.72. The minimum Gasteiger partial charge on any atom is -0.377 e. The quantitative estimate of drug-likeness (QED) is 0.811. The van der Waals surface area contributed by atoms with Crippen molar-refractivity contribution < 1.29 is 4.74 Å². The number of rotatable bonds is 4. The first-order chi connectivity index (χ1) is 7.40. The second-order valence-corrected chi connectivity index (χ2v) is 4.14. The van der Waals surface area contributed by atoms with Gasteiger partial charge in [-0.1, -0.05) is 30.3 Å². The fraction of sp³-hybridized carbons (Fsp3) is 0.538. The Morgan fingerprint density at radius 1 is 1.40 bits per heavy atom. The second-order valence-electron chi connectivity index (χ2n) is 4.14. The normalized spacial score (nSPS) is 22.9. The van der Waals surface area contributed by atoms with E-state index in [4.69, 9.17) is 4.74 Å². The zero-order valence-corrected chi connectivity index (χ0v) is 9.28. The van der Waals surface area contributed by atoms with Gasteiger partial charge in [0.2, 0.25) is 0 Å². The van der Waals surface area contributed by atoms with Gasteiger partial charge in [-0.3, -0.25) is 0 Å². The monoisotopic (exact) mass is 205 g/mol. The molecule has 1 heterocycles. The second kappa shape index (κ2) is 5.29. The molecule has 0 unspecified atom stereocenters. The van der Waals surface area contributed by atoms with Crippen LogP contribution in [0.25, 0.3) is 0 Å². The van der Waals surface area contributed by atoms with Crippen LogP contribution in [-0.2, 0) is 11.2 Å². The predicted octanol–water partition coefficient (Wildman–Crippen LogP) is 2.00. The maximum atomic E-state index is 5.72. The topological polar surface area (TPSA) is 21.3 Å². The van der Waals surface area contributed by atoms with Crippen molar-refractivity contribution in [2.45, 2.75) is 31.4 Å². The molecule has 1 aliphatic rings. The van der Waals surface area contributed by atoms with Gasteiger partial charge in [-0.05, 0) is 31.9 Å². The molecule has 0 spiro atoms. The zero-order chi connectivity index (χ0) is 10.5. The highest BCUT2D eigenvalue weighted by molar-refractivity contribution is 5.16. The van der Waals surface area contributed by atoms with E-state index in [9.17, 15) is 0 Å². The molecular formula is C13H19NO. The molecule has 2 rings (SSSR count). The Balaban J connectivity index is 1.96. The van der Waals surface area contributed by atoms with E-state index < -0.39 is 0 Å². The number of benzene rings is 1. The van der Waals surface area contributed by atoms with E-state index in [-0.39, 0.29) is 0 Å². The van der Waals surface area contributed by atoms with Crippen LogP contribution in [-0.4, -0.2) is 25.8 Å². The van der Waals surface area contributed by atoms with Crippen molar-refractivity contribution in [3.8, 4) is 0 Å². The van der Waals surface area contributed by atoms with Crippen LogP contribution in [0.3, 0.4) is 0 Å². The average molecular weight is 205 g/mol. The minimum absolute atomic E-state index is 0.398. The van der Waals surface area contributed by atoms with Crippen LogP contribution in [0.5, 0.6) is 0 Å². The summed E-state index contributed by atoms with van der Waals surface area (Å²) in [6.07, 6.45) is 3.85. The molecule has 1 aromatic rings. The third-order valence-electron chi connectivity index (χ3n) is 3.08. The molecule has 2 atom stereocenters. The Hall–Kier alpha value is -0.860. The highest BCUT2D eigenvalue weighted by atomic mass is 16.5. The standard InChI is InChI=1S/C13H19NO/c1-14-12(13-8-5-9-15-13)10-11-6-3-2-4-7-11/h2-4,6-7,12-14H,5,8-10H2,1H3/t12-,13-/m0/s1. The average Bonchev–Trinajstić information content (AvgIpc) is 2.81. The van der Waals surface area contributed by atoms with E-state index in [0.717, 1.165) is 13.0 Å². The summed E-state index contributed by atoms with van der Waals surface area (Å²) >= 11 is 0. The molecule has 2 nitrogen and oxygen atoms in total. The molecule has 1 aromatic carbocycles. The summed E-state index contributed by atoms with van der Waals surface area (Å²) < 4.78 is 5.72. The molecule has 0 saturated carbocycles. The van der Waals surface area contributed by atoms with E-state index >= 15 is 0 Å². The van der Waals surface area contributed by atoms with E-state index in [1.165, 1.54) is 18.4 Å². The van der Waals surface area contributed by atoms with Crippen LogP contribution < -0.4 is 5.32 Å². The largest absolute Gasteiger partial charge is 0.377 e. The minimum atomic E-state index is 0.398. The lowest BCUT2D eigenvalue weighted by atomic mass is 10.00. The lowest BCUT2D eigenvalue weighted by Gasteiger charge is -2.22. The molecule has 1 aliphatic heterocycles. The van der Waals surface area contributed by atoms with Crippen molar-refractivity contribution in [3.05, 3.63) is 35.9 Å². The molecular weight excluding hydrogens is 186 g/mol. The van der Waals surface area contributed by atoms with E-state index in [1.807, 2.05) is 7.05 Å². The van der Waals surface area contributed by atoms with Gasteiger partial charge in [-0.25, -0.2) is 0 Å². The van der Waals surface area contributed by atoms with Crippen molar-refractivity contribution >= 4 is 0 Å². The third-order valence-corrected chi connectivity index (χ3v) is 3.08. The van der Waals surface area contributed by atoms with Gasteiger partial charge < -0.3 is 10.1 Å². The summed E-state index contributed by atoms with van der Waals surface area (Å²) in [5.41, 5.74) is 1.38. The van der Waals surface area contributed by atoms with Crippen molar-refractivity contribution in [1.82, 2.24) is 5.32 Å². The molecule has 0 amide bonds. The Morgan fingerprint density at radius 2 is 2.20 bits per heavy atom. The van der Waals surface area contributed by atoms with Gasteiger partial charge in [-0.15, -0.1) is 0 Å². The first-order valence-corrected chi connectivity index (χ1v) is 5.73. The molecule has 0 radical (unpaired) electrons. The van der Waals surface area contributed by atoms with Gasteiger partial charge in [0, 0.05) is 12.6 Å². The van der Waals surface area contributed by atoms with E-state index in [1.54, 1.807) is 0 Å². The number of hydrogen-bond donors (Lipinski definition) is 1. The summed E-state index contributed by atoms with van der Waals surface area (Å²) in [4.78, 5) is 0. The molecule has 82 valence electrons. The molecule has 2 heteroatoms. The number of hydrogen-bond acceptors (Lipinski definition) is 2. The lowest BCUT2D eigenvalue weighted by Crippen LogP contribution is -2.39. The number of likely N-dealkylation sites (N-methyl/N-ethyl adjacent to an activating group) is 1. The van der Waals surface area contributed by atoms with Crippen LogP contribution in [0.1, 0.15) is 18.4 Å². The van der Waals surface area contributed by atoms with Gasteiger partial charge >= 0.3 is 0 Å². The van der Waals surface area contributed by atoms with E-state index in [2.05, 4.69) is 35.6 Å². The van der Waals surface area contributed by atoms with Crippen LogP contribution >= 0.6 is 0 Å². The highest BCUT2D eigenvalue weighted by Crippen LogP contribution is 2.18. The van der Waals surface area contributed by atoms with Crippen molar-refractivity contribution in [3.63, 3.8) is 0 Å². The molecule has 0 bridgehead atoms. The Morgan fingerprint density at radius 3 is 2.80 bits per heavy atom. The molecule has 0 aliphatic carbocycles. The van der Waals surface area contributed by atoms with Crippen LogP contribution in [0, 0.1) is 0 Å². The van der Waals surface area contributed by atoms with Gasteiger partial charge in [0.25, 0.3) is 0 Å². The molecule has 1 fully saturated rings.